The summed E-state index contributed by atoms with van der Waals surface area (Å²) in [6, 6.07) is 5.91. The third-order valence-electron chi connectivity index (χ3n) is 1.91. The van der Waals surface area contributed by atoms with E-state index in [4.69, 9.17) is 5.73 Å². The Hall–Kier alpha value is -0.630. The first-order valence-electron chi connectivity index (χ1n) is 4.31. The first kappa shape index (κ1) is 9.46. The van der Waals surface area contributed by atoms with E-state index < -0.39 is 0 Å². The highest BCUT2D eigenvalue weighted by Gasteiger charge is 1.97. The summed E-state index contributed by atoms with van der Waals surface area (Å²) in [6.45, 7) is 2.19. The summed E-state index contributed by atoms with van der Waals surface area (Å²) in [5.74, 6) is 0. The second-order valence-electron chi connectivity index (χ2n) is 2.99. The fourth-order valence-electron chi connectivity index (χ4n) is 1.16. The normalized spacial score (nSPS) is 10.2. The molecule has 0 heterocycles. The maximum atomic E-state index is 5.61. The molecule has 1 aromatic carbocycles. The lowest BCUT2D eigenvalue weighted by Gasteiger charge is -2.04. The van der Waals surface area contributed by atoms with Gasteiger partial charge in [-0.3, -0.25) is 0 Å². The molecule has 66 valence electrons. The third kappa shape index (κ3) is 2.45. The molecule has 2 N–H and O–H groups in total. The molecule has 0 bridgehead atoms. The number of thiol groups is 1. The second kappa shape index (κ2) is 4.41. The molecular formula is C10H15NS. The standard InChI is InChI=1S/C10H15NS/c1-2-3-4-8-5-6-9(11)7-10(8)12/h5-7,12H,2-4,11H2,1H3. The van der Waals surface area contributed by atoms with Gasteiger partial charge in [0.15, 0.2) is 0 Å². The van der Waals surface area contributed by atoms with Gasteiger partial charge in [0.1, 0.15) is 0 Å². The van der Waals surface area contributed by atoms with Crippen LogP contribution < -0.4 is 5.73 Å². The quantitative estimate of drug-likeness (QED) is 0.544. The lowest BCUT2D eigenvalue weighted by atomic mass is 10.1. The predicted molar refractivity (Wildman–Crippen MR) is 56.7 cm³/mol. The summed E-state index contributed by atoms with van der Waals surface area (Å²) in [7, 11) is 0. The highest BCUT2D eigenvalue weighted by atomic mass is 32.1. The molecule has 0 amide bonds. The summed E-state index contributed by atoms with van der Waals surface area (Å²) in [6.07, 6.45) is 3.55. The van der Waals surface area contributed by atoms with Gasteiger partial charge in [-0.2, -0.15) is 0 Å². The SMILES string of the molecule is CCCCc1ccc(N)cc1S. The van der Waals surface area contributed by atoms with Crippen LogP contribution in [0.15, 0.2) is 23.1 Å². The Morgan fingerprint density at radius 3 is 2.75 bits per heavy atom. The van der Waals surface area contributed by atoms with Crippen molar-refractivity contribution in [1.29, 1.82) is 0 Å². The van der Waals surface area contributed by atoms with Crippen LogP contribution in [0.1, 0.15) is 25.3 Å². The molecule has 0 aliphatic rings. The monoisotopic (exact) mass is 181 g/mol. The first-order valence-corrected chi connectivity index (χ1v) is 4.76. The molecule has 0 fully saturated rings. The Labute approximate surface area is 79.4 Å². The Morgan fingerprint density at radius 2 is 2.17 bits per heavy atom. The molecule has 12 heavy (non-hydrogen) atoms. The zero-order valence-corrected chi connectivity index (χ0v) is 8.27. The minimum absolute atomic E-state index is 0.792. The van der Waals surface area contributed by atoms with Gasteiger partial charge in [0, 0.05) is 10.6 Å². The smallest absolute Gasteiger partial charge is 0.0325 e. The number of hydrogen-bond acceptors (Lipinski definition) is 2. The van der Waals surface area contributed by atoms with Crippen LogP contribution in [-0.2, 0) is 6.42 Å². The van der Waals surface area contributed by atoms with Crippen molar-refractivity contribution in [2.75, 3.05) is 5.73 Å². The molecule has 0 radical (unpaired) electrons. The van der Waals surface area contributed by atoms with Crippen molar-refractivity contribution in [2.24, 2.45) is 0 Å². The van der Waals surface area contributed by atoms with Crippen LogP contribution in [0.2, 0.25) is 0 Å². The van der Waals surface area contributed by atoms with Crippen molar-refractivity contribution >= 4 is 18.3 Å². The Morgan fingerprint density at radius 1 is 1.42 bits per heavy atom. The van der Waals surface area contributed by atoms with Crippen LogP contribution >= 0.6 is 12.6 Å². The maximum Gasteiger partial charge on any atom is 0.0325 e. The number of benzene rings is 1. The number of nitrogen functional groups attached to an aromatic ring is 1. The lowest BCUT2D eigenvalue weighted by molar-refractivity contribution is 0.786. The summed E-state index contributed by atoms with van der Waals surface area (Å²) in [5, 5.41) is 0. The van der Waals surface area contributed by atoms with E-state index in [0.29, 0.717) is 0 Å². The van der Waals surface area contributed by atoms with Crippen molar-refractivity contribution in [3.8, 4) is 0 Å². The Kier molecular flexibility index (Phi) is 3.48. The number of unbranched alkanes of at least 4 members (excludes halogenated alkanes) is 1. The molecule has 0 saturated carbocycles. The van der Waals surface area contributed by atoms with Crippen LogP contribution in [0.4, 0.5) is 5.69 Å². The van der Waals surface area contributed by atoms with Crippen LogP contribution in [0.5, 0.6) is 0 Å². The van der Waals surface area contributed by atoms with Crippen LogP contribution in [-0.4, -0.2) is 0 Å². The highest BCUT2D eigenvalue weighted by Crippen LogP contribution is 2.18. The fourth-order valence-corrected chi connectivity index (χ4v) is 1.49. The first-order chi connectivity index (χ1) is 5.74. The molecule has 1 nitrogen and oxygen atoms in total. The van der Waals surface area contributed by atoms with E-state index in [0.717, 1.165) is 17.0 Å². The van der Waals surface area contributed by atoms with Gasteiger partial charge in [0.05, 0.1) is 0 Å². The summed E-state index contributed by atoms with van der Waals surface area (Å²) < 4.78 is 0. The zero-order chi connectivity index (χ0) is 8.97. The molecule has 0 aliphatic heterocycles. The maximum absolute atomic E-state index is 5.61. The van der Waals surface area contributed by atoms with Gasteiger partial charge < -0.3 is 5.73 Å². The molecule has 0 spiro atoms. The molecule has 0 aromatic heterocycles. The molecule has 2 heteroatoms. The summed E-state index contributed by atoms with van der Waals surface area (Å²) >= 11 is 4.36. The third-order valence-corrected chi connectivity index (χ3v) is 2.33. The summed E-state index contributed by atoms with van der Waals surface area (Å²) in [5.41, 5.74) is 7.70. The second-order valence-corrected chi connectivity index (χ2v) is 3.47. The van der Waals surface area contributed by atoms with E-state index in [1.165, 1.54) is 18.4 Å². The minimum Gasteiger partial charge on any atom is -0.399 e. The van der Waals surface area contributed by atoms with Gasteiger partial charge in [-0.05, 0) is 30.5 Å². The number of aryl methyl sites for hydroxylation is 1. The molecule has 0 aliphatic carbocycles. The Balaban J connectivity index is 2.72. The zero-order valence-electron chi connectivity index (χ0n) is 7.38. The minimum atomic E-state index is 0.792. The number of rotatable bonds is 3. The van der Waals surface area contributed by atoms with Gasteiger partial charge in [0.25, 0.3) is 0 Å². The molecule has 1 aromatic rings. The van der Waals surface area contributed by atoms with Crippen molar-refractivity contribution in [3.05, 3.63) is 23.8 Å². The molecule has 0 atom stereocenters. The van der Waals surface area contributed by atoms with Gasteiger partial charge in [0.2, 0.25) is 0 Å². The average molecular weight is 181 g/mol. The van der Waals surface area contributed by atoms with E-state index in [1.807, 2.05) is 12.1 Å². The van der Waals surface area contributed by atoms with E-state index in [2.05, 4.69) is 25.6 Å². The number of anilines is 1. The average Bonchev–Trinajstić information content (AvgIpc) is 2.03. The van der Waals surface area contributed by atoms with E-state index in [9.17, 15) is 0 Å². The van der Waals surface area contributed by atoms with Crippen LogP contribution in [0.3, 0.4) is 0 Å². The lowest BCUT2D eigenvalue weighted by Crippen LogP contribution is -1.90. The van der Waals surface area contributed by atoms with E-state index in [-0.39, 0.29) is 0 Å². The van der Waals surface area contributed by atoms with Crippen LogP contribution in [0, 0.1) is 0 Å². The molecule has 1 rings (SSSR count). The van der Waals surface area contributed by atoms with Gasteiger partial charge >= 0.3 is 0 Å². The molecule has 0 saturated heterocycles. The van der Waals surface area contributed by atoms with Crippen molar-refractivity contribution in [3.63, 3.8) is 0 Å². The van der Waals surface area contributed by atoms with Crippen molar-refractivity contribution in [1.82, 2.24) is 0 Å². The molecular weight excluding hydrogens is 166 g/mol. The largest absolute Gasteiger partial charge is 0.399 e. The Bertz CT molecular complexity index is 258. The number of hydrogen-bond donors (Lipinski definition) is 2. The van der Waals surface area contributed by atoms with E-state index in [1.54, 1.807) is 0 Å². The summed E-state index contributed by atoms with van der Waals surface area (Å²) in [4.78, 5) is 1.02. The molecule has 0 unspecified atom stereocenters. The topological polar surface area (TPSA) is 26.0 Å². The fraction of sp³-hybridized carbons (Fsp3) is 0.400. The van der Waals surface area contributed by atoms with Gasteiger partial charge in [-0.1, -0.05) is 19.4 Å². The van der Waals surface area contributed by atoms with Gasteiger partial charge in [-0.25, -0.2) is 0 Å². The van der Waals surface area contributed by atoms with Crippen molar-refractivity contribution in [2.45, 2.75) is 31.1 Å². The highest BCUT2D eigenvalue weighted by molar-refractivity contribution is 7.80. The van der Waals surface area contributed by atoms with Crippen molar-refractivity contribution < 1.29 is 0 Å². The van der Waals surface area contributed by atoms with Crippen LogP contribution in [0.25, 0.3) is 0 Å². The van der Waals surface area contributed by atoms with Gasteiger partial charge in [-0.15, -0.1) is 12.6 Å². The predicted octanol–water partition coefficient (Wildman–Crippen LogP) is 2.90. The number of nitrogens with two attached hydrogens (primary N) is 1. The van der Waals surface area contributed by atoms with E-state index >= 15 is 0 Å².